The molecule has 5 heteroatoms. The first kappa shape index (κ1) is 19.8. The molecule has 0 saturated carbocycles. The summed E-state index contributed by atoms with van der Waals surface area (Å²) in [7, 11) is 0. The first-order chi connectivity index (χ1) is 13.5. The van der Waals surface area contributed by atoms with Crippen LogP contribution in [0.4, 0.5) is 0 Å². The zero-order valence-electron chi connectivity index (χ0n) is 15.1. The molecule has 0 fully saturated rings. The van der Waals surface area contributed by atoms with E-state index in [4.69, 9.17) is 11.6 Å². The van der Waals surface area contributed by atoms with Gasteiger partial charge in [-0.3, -0.25) is 14.9 Å². The molecule has 1 unspecified atom stereocenters. The van der Waals surface area contributed by atoms with Crippen LogP contribution >= 0.6 is 11.6 Å². The van der Waals surface area contributed by atoms with E-state index in [1.165, 1.54) is 0 Å². The van der Waals surface area contributed by atoms with E-state index in [1.54, 1.807) is 24.3 Å². The highest BCUT2D eigenvalue weighted by molar-refractivity contribution is 6.30. The molecule has 1 atom stereocenters. The van der Waals surface area contributed by atoms with Crippen LogP contribution in [-0.4, -0.2) is 22.9 Å². The molecule has 3 aromatic carbocycles. The summed E-state index contributed by atoms with van der Waals surface area (Å²) in [6.07, 6.45) is -0.160. The van der Waals surface area contributed by atoms with Crippen LogP contribution in [0.3, 0.4) is 0 Å². The maximum Gasteiger partial charge on any atom is 0.321 e. The normalized spacial score (nSPS) is 11.9. The fourth-order valence-corrected chi connectivity index (χ4v) is 3.16. The van der Waals surface area contributed by atoms with Gasteiger partial charge in [0.25, 0.3) is 0 Å². The van der Waals surface area contributed by atoms with Crippen LogP contribution in [0, 0.1) is 0 Å². The van der Waals surface area contributed by atoms with E-state index in [9.17, 15) is 14.7 Å². The van der Waals surface area contributed by atoms with Crippen LogP contribution < -0.4 is 5.32 Å². The highest BCUT2D eigenvalue weighted by Gasteiger charge is 2.26. The summed E-state index contributed by atoms with van der Waals surface area (Å²) >= 11 is 5.86. The van der Waals surface area contributed by atoms with E-state index in [-0.39, 0.29) is 18.2 Å². The lowest BCUT2D eigenvalue weighted by molar-refractivity contribution is -0.139. The quantitative estimate of drug-likeness (QED) is 0.542. The van der Waals surface area contributed by atoms with Crippen molar-refractivity contribution in [1.82, 2.24) is 5.32 Å². The van der Waals surface area contributed by atoms with Gasteiger partial charge in [-0.15, -0.1) is 0 Å². The van der Waals surface area contributed by atoms with Gasteiger partial charge in [0.2, 0.25) is 0 Å². The summed E-state index contributed by atoms with van der Waals surface area (Å²) in [5.41, 5.74) is 2.30. The van der Waals surface area contributed by atoms with E-state index < -0.39 is 12.0 Å². The average Bonchev–Trinajstić information content (AvgIpc) is 2.72. The third-order valence-corrected chi connectivity index (χ3v) is 4.74. The summed E-state index contributed by atoms with van der Waals surface area (Å²) in [6.45, 7) is 0. The summed E-state index contributed by atoms with van der Waals surface area (Å²) in [5, 5.41) is 13.4. The van der Waals surface area contributed by atoms with E-state index in [0.29, 0.717) is 10.6 Å². The number of carbonyl (C=O) groups excluding carboxylic acids is 1. The Balaban J connectivity index is 1.84. The Hall–Kier alpha value is -2.95. The molecule has 0 heterocycles. The van der Waals surface area contributed by atoms with Crippen LogP contribution in [-0.2, 0) is 4.79 Å². The van der Waals surface area contributed by atoms with Gasteiger partial charge in [0.05, 0.1) is 6.04 Å². The third kappa shape index (κ3) is 5.06. The standard InChI is InChI=1S/C23H20ClNO3/c24-19-13-11-16(12-14-19)21(26)15-20(23(27)28)25-22(17-7-3-1-4-8-17)18-9-5-2-6-10-18/h1-14,20,22,25H,15H2,(H,27,28). The molecule has 3 aromatic rings. The Bertz CT molecular complexity index is 888. The van der Waals surface area contributed by atoms with Crippen molar-refractivity contribution in [2.45, 2.75) is 18.5 Å². The number of carbonyl (C=O) groups is 2. The summed E-state index contributed by atoms with van der Waals surface area (Å²) in [6, 6.07) is 24.2. The minimum Gasteiger partial charge on any atom is -0.480 e. The minimum absolute atomic E-state index is 0.160. The van der Waals surface area contributed by atoms with Gasteiger partial charge in [0.1, 0.15) is 6.04 Å². The van der Waals surface area contributed by atoms with Crippen molar-refractivity contribution < 1.29 is 14.7 Å². The second-order valence-electron chi connectivity index (χ2n) is 6.45. The van der Waals surface area contributed by atoms with Gasteiger partial charge in [-0.25, -0.2) is 0 Å². The monoisotopic (exact) mass is 393 g/mol. The van der Waals surface area contributed by atoms with Crippen molar-refractivity contribution in [1.29, 1.82) is 0 Å². The molecule has 0 aromatic heterocycles. The molecule has 2 N–H and O–H groups in total. The molecule has 0 aliphatic rings. The molecular formula is C23H20ClNO3. The molecular weight excluding hydrogens is 374 g/mol. The summed E-state index contributed by atoms with van der Waals surface area (Å²) in [4.78, 5) is 24.5. The Morgan fingerprint density at radius 2 is 1.32 bits per heavy atom. The van der Waals surface area contributed by atoms with Crippen molar-refractivity contribution in [2.24, 2.45) is 0 Å². The van der Waals surface area contributed by atoms with Crippen LogP contribution in [0.25, 0.3) is 0 Å². The van der Waals surface area contributed by atoms with Crippen molar-refractivity contribution >= 4 is 23.4 Å². The Morgan fingerprint density at radius 3 is 1.79 bits per heavy atom. The fourth-order valence-electron chi connectivity index (χ4n) is 3.03. The maximum atomic E-state index is 12.6. The van der Waals surface area contributed by atoms with E-state index in [0.717, 1.165) is 11.1 Å². The zero-order valence-corrected chi connectivity index (χ0v) is 15.8. The van der Waals surface area contributed by atoms with Crippen LogP contribution in [0.2, 0.25) is 5.02 Å². The number of carboxylic acid groups (broad SMARTS) is 1. The summed E-state index contributed by atoms with van der Waals surface area (Å²) in [5.74, 6) is -1.32. The molecule has 0 saturated heterocycles. The van der Waals surface area contributed by atoms with Gasteiger partial charge >= 0.3 is 5.97 Å². The first-order valence-corrected chi connectivity index (χ1v) is 9.30. The van der Waals surface area contributed by atoms with Crippen LogP contribution in [0.1, 0.15) is 33.9 Å². The molecule has 0 aliphatic heterocycles. The number of rotatable bonds is 8. The molecule has 28 heavy (non-hydrogen) atoms. The Kier molecular flexibility index (Phi) is 6.58. The third-order valence-electron chi connectivity index (χ3n) is 4.49. The molecule has 0 amide bonds. The Morgan fingerprint density at radius 1 is 0.821 bits per heavy atom. The number of aliphatic carboxylic acids is 1. The van der Waals surface area contributed by atoms with E-state index in [1.807, 2.05) is 60.7 Å². The predicted octanol–water partition coefficient (Wildman–Crippen LogP) is 4.75. The summed E-state index contributed by atoms with van der Waals surface area (Å²) < 4.78 is 0. The van der Waals surface area contributed by atoms with Gasteiger partial charge in [-0.1, -0.05) is 72.3 Å². The van der Waals surface area contributed by atoms with Gasteiger partial charge < -0.3 is 5.11 Å². The fraction of sp³-hybridized carbons (Fsp3) is 0.130. The number of Topliss-reactive ketones (excluding diaryl/α,β-unsaturated/α-hetero) is 1. The SMILES string of the molecule is O=C(CC(NC(c1ccccc1)c1ccccc1)C(=O)O)c1ccc(Cl)cc1. The second-order valence-corrected chi connectivity index (χ2v) is 6.88. The maximum absolute atomic E-state index is 12.6. The number of halogens is 1. The van der Waals surface area contributed by atoms with Gasteiger partial charge in [-0.05, 0) is 35.4 Å². The lowest BCUT2D eigenvalue weighted by atomic mass is 9.96. The number of hydrogen-bond donors (Lipinski definition) is 2. The molecule has 0 aliphatic carbocycles. The predicted molar refractivity (Wildman–Crippen MR) is 110 cm³/mol. The van der Waals surface area contributed by atoms with E-state index >= 15 is 0 Å². The van der Waals surface area contributed by atoms with Gasteiger partial charge in [0.15, 0.2) is 5.78 Å². The first-order valence-electron chi connectivity index (χ1n) is 8.92. The minimum atomic E-state index is -1.07. The molecule has 0 spiro atoms. The van der Waals surface area contributed by atoms with Crippen LogP contribution in [0.15, 0.2) is 84.9 Å². The molecule has 4 nitrogen and oxygen atoms in total. The van der Waals surface area contributed by atoms with Crippen molar-refractivity contribution in [3.05, 3.63) is 107 Å². The number of nitrogens with one attached hydrogen (secondary N) is 1. The number of benzene rings is 3. The lowest BCUT2D eigenvalue weighted by Crippen LogP contribution is -2.41. The van der Waals surface area contributed by atoms with Gasteiger partial charge in [-0.2, -0.15) is 0 Å². The second kappa shape index (κ2) is 9.31. The lowest BCUT2D eigenvalue weighted by Gasteiger charge is -2.24. The average molecular weight is 394 g/mol. The van der Waals surface area contributed by atoms with Crippen molar-refractivity contribution in [2.75, 3.05) is 0 Å². The molecule has 3 rings (SSSR count). The topological polar surface area (TPSA) is 66.4 Å². The molecule has 0 bridgehead atoms. The highest BCUT2D eigenvalue weighted by Crippen LogP contribution is 2.23. The van der Waals surface area contributed by atoms with Gasteiger partial charge in [0, 0.05) is 17.0 Å². The number of hydrogen-bond acceptors (Lipinski definition) is 3. The zero-order chi connectivity index (χ0) is 19.9. The van der Waals surface area contributed by atoms with Crippen LogP contribution in [0.5, 0.6) is 0 Å². The smallest absolute Gasteiger partial charge is 0.321 e. The number of ketones is 1. The highest BCUT2D eigenvalue weighted by atomic mass is 35.5. The molecule has 0 radical (unpaired) electrons. The largest absolute Gasteiger partial charge is 0.480 e. The van der Waals surface area contributed by atoms with Crippen molar-refractivity contribution in [3.8, 4) is 0 Å². The van der Waals surface area contributed by atoms with Crippen molar-refractivity contribution in [3.63, 3.8) is 0 Å². The molecule has 142 valence electrons. The van der Waals surface area contributed by atoms with E-state index in [2.05, 4.69) is 5.32 Å². The Labute approximate surface area is 168 Å². The number of carboxylic acids is 1.